The summed E-state index contributed by atoms with van der Waals surface area (Å²) < 4.78 is 21.1. The maximum atomic E-state index is 6.39. The molecule has 2 saturated heterocycles. The van der Waals surface area contributed by atoms with Crippen LogP contribution in [-0.2, 0) is 14.2 Å². The quantitative estimate of drug-likeness (QED) is 0.754. The normalized spacial score (nSPS) is 37.1. The van der Waals surface area contributed by atoms with Crippen molar-refractivity contribution in [2.45, 2.75) is 63.4 Å². The lowest BCUT2D eigenvalue weighted by atomic mass is 9.94. The molecule has 6 nitrogen and oxygen atoms in total. The van der Waals surface area contributed by atoms with Gasteiger partial charge in [-0.25, -0.2) is 9.97 Å². The number of hydrogen-bond donors (Lipinski definition) is 0. The number of rotatable bonds is 1. The smallest absolute Gasteiger partial charge is 0.165 e. The molecule has 2 aliphatic heterocycles. The summed E-state index contributed by atoms with van der Waals surface area (Å²) in [6, 6.07) is 2.03. The van der Waals surface area contributed by atoms with Crippen molar-refractivity contribution in [2.24, 2.45) is 0 Å². The van der Waals surface area contributed by atoms with E-state index in [1.807, 2.05) is 37.6 Å². The van der Waals surface area contributed by atoms with Crippen LogP contribution in [0, 0.1) is 6.92 Å². The summed E-state index contributed by atoms with van der Waals surface area (Å²) in [5, 5.41) is 1.03. The molecular formula is C18H21N3O3. The van der Waals surface area contributed by atoms with Crippen molar-refractivity contribution in [1.29, 1.82) is 0 Å². The van der Waals surface area contributed by atoms with Gasteiger partial charge in [0.25, 0.3) is 0 Å². The summed E-state index contributed by atoms with van der Waals surface area (Å²) in [6.45, 7) is 10.1. The van der Waals surface area contributed by atoms with Gasteiger partial charge in [-0.15, -0.1) is 0 Å². The molecule has 0 aromatic carbocycles. The van der Waals surface area contributed by atoms with Gasteiger partial charge in [-0.2, -0.15) is 0 Å². The Bertz CT molecular complexity index is 858. The van der Waals surface area contributed by atoms with Crippen LogP contribution in [0.4, 0.5) is 0 Å². The third-order valence-corrected chi connectivity index (χ3v) is 5.50. The largest absolute Gasteiger partial charge is 0.344 e. The monoisotopic (exact) mass is 327 g/mol. The molecule has 3 aliphatic rings. The lowest BCUT2D eigenvalue weighted by Crippen LogP contribution is -2.42. The predicted octanol–water partition coefficient (Wildman–Crippen LogP) is 2.88. The molecule has 0 radical (unpaired) electrons. The van der Waals surface area contributed by atoms with Crippen LogP contribution >= 0.6 is 0 Å². The van der Waals surface area contributed by atoms with E-state index >= 15 is 0 Å². The van der Waals surface area contributed by atoms with Crippen molar-refractivity contribution in [3.8, 4) is 0 Å². The number of fused-ring (bicyclic) bond motifs is 1. The van der Waals surface area contributed by atoms with E-state index in [2.05, 4.69) is 16.5 Å². The van der Waals surface area contributed by atoms with Crippen LogP contribution < -0.4 is 0 Å². The maximum Gasteiger partial charge on any atom is 0.165 e. The third kappa shape index (κ3) is 1.71. The fourth-order valence-electron chi connectivity index (χ4n) is 4.54. The zero-order chi connectivity index (χ0) is 16.7. The Hall–Kier alpha value is -1.76. The lowest BCUT2D eigenvalue weighted by Gasteiger charge is -2.27. The Balaban J connectivity index is 1.64. The van der Waals surface area contributed by atoms with Gasteiger partial charge in [0.15, 0.2) is 12.0 Å². The van der Waals surface area contributed by atoms with Crippen LogP contribution in [0.25, 0.3) is 11.0 Å². The molecule has 1 spiro atoms. The molecule has 4 atom stereocenters. The standard InChI is InChI=1S/C18H21N3O3/c1-10-5-7-18-13(10)22-16(14(18)23-17(3,4)24-18)21-8-6-12-11(2)19-9-20-15(12)21/h6,8-9,13-14,16H,1,5,7H2,2-4H3/t13-,14+,16-,18-/m1/s1. The van der Waals surface area contributed by atoms with E-state index in [0.29, 0.717) is 0 Å². The first kappa shape index (κ1) is 14.6. The summed E-state index contributed by atoms with van der Waals surface area (Å²) in [5.41, 5.74) is 2.47. The van der Waals surface area contributed by atoms with Crippen molar-refractivity contribution < 1.29 is 14.2 Å². The first-order valence-corrected chi connectivity index (χ1v) is 8.41. The minimum atomic E-state index is -0.622. The maximum absolute atomic E-state index is 6.39. The summed E-state index contributed by atoms with van der Waals surface area (Å²) >= 11 is 0. The topological polar surface area (TPSA) is 58.4 Å². The molecule has 6 heteroatoms. The molecule has 3 fully saturated rings. The van der Waals surface area contributed by atoms with Gasteiger partial charge in [-0.3, -0.25) is 0 Å². The van der Waals surface area contributed by atoms with E-state index in [1.165, 1.54) is 0 Å². The number of aryl methyl sites for hydroxylation is 1. The molecule has 2 aromatic heterocycles. The number of aromatic nitrogens is 3. The first-order chi connectivity index (χ1) is 11.4. The van der Waals surface area contributed by atoms with Crippen LogP contribution in [0.1, 0.15) is 38.6 Å². The highest BCUT2D eigenvalue weighted by molar-refractivity contribution is 5.78. The second-order valence-electron chi connectivity index (χ2n) is 7.48. The molecule has 24 heavy (non-hydrogen) atoms. The Morgan fingerprint density at radius 2 is 2.17 bits per heavy atom. The van der Waals surface area contributed by atoms with E-state index in [9.17, 15) is 0 Å². The summed E-state index contributed by atoms with van der Waals surface area (Å²) in [4.78, 5) is 8.73. The second kappa shape index (κ2) is 4.45. The molecule has 126 valence electrons. The highest BCUT2D eigenvalue weighted by Crippen LogP contribution is 2.58. The first-order valence-electron chi connectivity index (χ1n) is 8.41. The molecule has 1 aliphatic carbocycles. The molecule has 0 N–H and O–H groups in total. The second-order valence-corrected chi connectivity index (χ2v) is 7.48. The van der Waals surface area contributed by atoms with E-state index in [1.54, 1.807) is 6.33 Å². The molecule has 0 bridgehead atoms. The van der Waals surface area contributed by atoms with Crippen molar-refractivity contribution in [3.05, 3.63) is 36.4 Å². The Kier molecular flexibility index (Phi) is 2.70. The predicted molar refractivity (Wildman–Crippen MR) is 87.3 cm³/mol. The van der Waals surface area contributed by atoms with E-state index in [-0.39, 0.29) is 18.4 Å². The molecule has 0 unspecified atom stereocenters. The lowest BCUT2D eigenvalue weighted by molar-refractivity contribution is -0.204. The summed E-state index contributed by atoms with van der Waals surface area (Å²) in [6.07, 6.45) is 4.81. The molecule has 2 aromatic rings. The van der Waals surface area contributed by atoms with Gasteiger partial charge >= 0.3 is 0 Å². The zero-order valence-electron chi connectivity index (χ0n) is 14.2. The van der Waals surface area contributed by atoms with Gasteiger partial charge in [0, 0.05) is 11.6 Å². The van der Waals surface area contributed by atoms with Gasteiger partial charge in [0.05, 0.1) is 5.69 Å². The fraction of sp³-hybridized carbons (Fsp3) is 0.556. The minimum Gasteiger partial charge on any atom is -0.344 e. The van der Waals surface area contributed by atoms with Gasteiger partial charge < -0.3 is 18.8 Å². The van der Waals surface area contributed by atoms with Gasteiger partial charge in [-0.1, -0.05) is 6.58 Å². The Labute approximate surface area is 140 Å². The SMILES string of the molecule is C=C1CC[C@]23OC(C)(C)O[C@H]2[C@H](n2ccc4c(C)ncnc42)O[C@H]13. The highest BCUT2D eigenvalue weighted by atomic mass is 16.8. The van der Waals surface area contributed by atoms with Crippen molar-refractivity contribution in [3.63, 3.8) is 0 Å². The van der Waals surface area contributed by atoms with Crippen LogP contribution in [-0.4, -0.2) is 38.1 Å². The van der Waals surface area contributed by atoms with Crippen LogP contribution in [0.15, 0.2) is 30.7 Å². The summed E-state index contributed by atoms with van der Waals surface area (Å²) in [7, 11) is 0. The minimum absolute atomic E-state index is 0.130. The average molecular weight is 327 g/mol. The van der Waals surface area contributed by atoms with Gasteiger partial charge in [-0.05, 0) is 45.3 Å². The van der Waals surface area contributed by atoms with Crippen molar-refractivity contribution >= 4 is 11.0 Å². The number of nitrogens with zero attached hydrogens (tertiary/aromatic N) is 3. The van der Waals surface area contributed by atoms with Gasteiger partial charge in [0.1, 0.15) is 29.8 Å². The average Bonchev–Trinajstić information content (AvgIpc) is 3.19. The van der Waals surface area contributed by atoms with Crippen LogP contribution in [0.2, 0.25) is 0 Å². The van der Waals surface area contributed by atoms with Crippen molar-refractivity contribution in [1.82, 2.24) is 14.5 Å². The van der Waals surface area contributed by atoms with Crippen LogP contribution in [0.5, 0.6) is 0 Å². The van der Waals surface area contributed by atoms with Crippen molar-refractivity contribution in [2.75, 3.05) is 0 Å². The molecule has 4 heterocycles. The van der Waals surface area contributed by atoms with E-state index < -0.39 is 11.4 Å². The number of hydrogen-bond acceptors (Lipinski definition) is 5. The summed E-state index contributed by atoms with van der Waals surface area (Å²) in [5.74, 6) is -0.622. The van der Waals surface area contributed by atoms with E-state index in [0.717, 1.165) is 35.1 Å². The molecule has 1 saturated carbocycles. The van der Waals surface area contributed by atoms with Crippen LogP contribution in [0.3, 0.4) is 0 Å². The fourth-order valence-corrected chi connectivity index (χ4v) is 4.54. The zero-order valence-corrected chi connectivity index (χ0v) is 14.2. The van der Waals surface area contributed by atoms with Gasteiger partial charge in [0.2, 0.25) is 0 Å². The van der Waals surface area contributed by atoms with E-state index in [4.69, 9.17) is 14.2 Å². The molecule has 0 amide bonds. The Morgan fingerprint density at radius 3 is 3.00 bits per heavy atom. The highest BCUT2D eigenvalue weighted by Gasteiger charge is 2.68. The molecular weight excluding hydrogens is 306 g/mol. The molecule has 5 rings (SSSR count). The Morgan fingerprint density at radius 1 is 1.33 bits per heavy atom. The number of ether oxygens (including phenoxy) is 3. The third-order valence-electron chi connectivity index (χ3n) is 5.50.